The number of anilines is 2. The average molecular weight is 551 g/mol. The smallest absolute Gasteiger partial charge is 0.367 e. The van der Waals surface area contributed by atoms with Gasteiger partial charge in [-0.2, -0.15) is 13.2 Å². The molecule has 1 saturated heterocycles. The van der Waals surface area contributed by atoms with Gasteiger partial charge in [0, 0.05) is 49.4 Å². The summed E-state index contributed by atoms with van der Waals surface area (Å²) in [5, 5.41) is 2.59. The second kappa shape index (κ2) is 12.2. The van der Waals surface area contributed by atoms with Crippen LogP contribution in [0.25, 0.3) is 0 Å². The van der Waals surface area contributed by atoms with Crippen LogP contribution in [0.15, 0.2) is 35.3 Å². The molecule has 39 heavy (non-hydrogen) atoms. The fourth-order valence-corrected chi connectivity index (χ4v) is 5.17. The molecule has 210 valence electrons. The van der Waals surface area contributed by atoms with Gasteiger partial charge in [0.1, 0.15) is 0 Å². The van der Waals surface area contributed by atoms with Crippen molar-refractivity contribution >= 4 is 17.3 Å². The van der Waals surface area contributed by atoms with Crippen molar-refractivity contribution in [2.75, 3.05) is 36.4 Å². The summed E-state index contributed by atoms with van der Waals surface area (Å²) in [5.41, 5.74) is -1.64. The molecule has 6 nitrogen and oxygen atoms in total. The number of rotatable bonds is 5. The lowest BCUT2D eigenvalue weighted by Gasteiger charge is -2.41. The molecule has 1 aliphatic carbocycles. The third-order valence-corrected chi connectivity index (χ3v) is 7.22. The standard InChI is InChI=1S/C28H31F5N4O2/c1-18-16-37(12-11-36(18)17-25(29)30)24-10-9-20(8-7-19-5-3-2-4-6-19)13-23(24)35-27(39)21-15-34-26(38)14-22(21)28(31,32)33/h9-10,13-15,18-19,25H,2-6,11-12,16-17H2,1H3,(H,34,38)(H,35,39)/t18-/m0/s1. The number of hydrogen-bond donors (Lipinski definition) is 2. The van der Waals surface area contributed by atoms with Gasteiger partial charge in [-0.3, -0.25) is 14.5 Å². The molecular formula is C28H31F5N4O2. The highest BCUT2D eigenvalue weighted by atomic mass is 19.4. The SMILES string of the molecule is C[C@H]1CN(c2ccc(C#CC3CCCCC3)cc2NC(=O)c2c[nH]c(=O)cc2C(F)(F)F)CCN1CC(F)F. The number of H-pyrrole nitrogens is 1. The molecule has 1 aromatic heterocycles. The molecule has 2 fully saturated rings. The van der Waals surface area contributed by atoms with E-state index < -0.39 is 35.2 Å². The lowest BCUT2D eigenvalue weighted by Crippen LogP contribution is -2.53. The van der Waals surface area contributed by atoms with E-state index in [4.69, 9.17) is 0 Å². The Bertz CT molecular complexity index is 1290. The van der Waals surface area contributed by atoms with Crippen LogP contribution in [-0.2, 0) is 6.18 Å². The molecule has 2 heterocycles. The van der Waals surface area contributed by atoms with Gasteiger partial charge in [-0.05, 0) is 38.0 Å². The summed E-state index contributed by atoms with van der Waals surface area (Å²) in [5.74, 6) is 5.65. The fraction of sp³-hybridized carbons (Fsp3) is 0.500. The first-order chi connectivity index (χ1) is 18.5. The normalized spacial score (nSPS) is 19.1. The Labute approximate surface area is 223 Å². The van der Waals surface area contributed by atoms with Crippen molar-refractivity contribution in [3.63, 3.8) is 0 Å². The Hall–Kier alpha value is -3.39. The van der Waals surface area contributed by atoms with Gasteiger partial charge in [0.25, 0.3) is 12.3 Å². The quantitative estimate of drug-likeness (QED) is 0.389. The number of pyridine rings is 1. The highest BCUT2D eigenvalue weighted by Crippen LogP contribution is 2.33. The van der Waals surface area contributed by atoms with Gasteiger partial charge in [-0.25, -0.2) is 8.78 Å². The van der Waals surface area contributed by atoms with Crippen LogP contribution in [0.4, 0.5) is 33.3 Å². The number of hydrogen-bond acceptors (Lipinski definition) is 4. The highest BCUT2D eigenvalue weighted by Gasteiger charge is 2.36. The summed E-state index contributed by atoms with van der Waals surface area (Å²) in [7, 11) is 0. The van der Waals surface area contributed by atoms with Gasteiger partial charge in [-0.15, -0.1) is 0 Å². The molecule has 1 atom stereocenters. The van der Waals surface area contributed by atoms with Crippen LogP contribution in [0.5, 0.6) is 0 Å². The van der Waals surface area contributed by atoms with E-state index in [-0.39, 0.29) is 24.2 Å². The van der Waals surface area contributed by atoms with Gasteiger partial charge in [0.2, 0.25) is 5.56 Å². The van der Waals surface area contributed by atoms with E-state index in [1.165, 1.54) is 6.42 Å². The van der Waals surface area contributed by atoms with Crippen molar-refractivity contribution in [1.82, 2.24) is 9.88 Å². The van der Waals surface area contributed by atoms with E-state index >= 15 is 0 Å². The molecule has 1 amide bonds. The molecule has 0 radical (unpaired) electrons. The van der Waals surface area contributed by atoms with Crippen LogP contribution in [0.3, 0.4) is 0 Å². The van der Waals surface area contributed by atoms with Crippen molar-refractivity contribution in [1.29, 1.82) is 0 Å². The number of aromatic nitrogens is 1. The third-order valence-electron chi connectivity index (χ3n) is 7.22. The zero-order valence-electron chi connectivity index (χ0n) is 21.6. The Morgan fingerprint density at radius 3 is 2.56 bits per heavy atom. The number of nitrogens with one attached hydrogen (secondary N) is 2. The number of alkyl halides is 5. The Balaban J connectivity index is 1.65. The average Bonchev–Trinajstić information content (AvgIpc) is 2.88. The molecule has 1 aromatic carbocycles. The summed E-state index contributed by atoms with van der Waals surface area (Å²) >= 11 is 0. The fourth-order valence-electron chi connectivity index (χ4n) is 5.17. The Kier molecular flexibility index (Phi) is 8.95. The molecule has 1 aliphatic heterocycles. The maximum Gasteiger partial charge on any atom is 0.417 e. The van der Waals surface area contributed by atoms with E-state index in [1.807, 2.05) is 11.8 Å². The predicted octanol–water partition coefficient (Wildman–Crippen LogP) is 5.35. The summed E-state index contributed by atoms with van der Waals surface area (Å²) in [4.78, 5) is 30.4. The first-order valence-corrected chi connectivity index (χ1v) is 13.1. The van der Waals surface area contributed by atoms with Crippen molar-refractivity contribution in [3.05, 3.63) is 57.5 Å². The number of amides is 1. The molecule has 11 heteroatoms. The minimum absolute atomic E-state index is 0.210. The zero-order valence-corrected chi connectivity index (χ0v) is 21.6. The van der Waals surface area contributed by atoms with Gasteiger partial charge in [-0.1, -0.05) is 31.1 Å². The van der Waals surface area contributed by atoms with E-state index in [9.17, 15) is 31.5 Å². The Morgan fingerprint density at radius 1 is 1.15 bits per heavy atom. The zero-order chi connectivity index (χ0) is 28.2. The third kappa shape index (κ3) is 7.38. The summed E-state index contributed by atoms with van der Waals surface area (Å²) in [6.07, 6.45) is -1.16. The topological polar surface area (TPSA) is 68.4 Å². The van der Waals surface area contributed by atoms with Crippen molar-refractivity contribution in [3.8, 4) is 11.8 Å². The van der Waals surface area contributed by atoms with Gasteiger partial charge in [0.05, 0.1) is 29.0 Å². The summed E-state index contributed by atoms with van der Waals surface area (Å²) < 4.78 is 66.7. The second-order valence-corrected chi connectivity index (χ2v) is 10.1. The molecule has 2 aromatic rings. The van der Waals surface area contributed by atoms with Crippen LogP contribution in [0.1, 0.15) is 60.5 Å². The highest BCUT2D eigenvalue weighted by molar-refractivity contribution is 6.07. The minimum atomic E-state index is -4.91. The molecule has 1 saturated carbocycles. The molecule has 2 aliphatic rings. The number of aromatic amines is 1. The van der Waals surface area contributed by atoms with Gasteiger partial charge in [0.15, 0.2) is 0 Å². The van der Waals surface area contributed by atoms with E-state index in [0.717, 1.165) is 31.9 Å². The van der Waals surface area contributed by atoms with Crippen LogP contribution < -0.4 is 15.8 Å². The molecular weight excluding hydrogens is 519 g/mol. The molecule has 2 N–H and O–H groups in total. The maximum absolute atomic E-state index is 13.6. The molecule has 0 bridgehead atoms. The van der Waals surface area contributed by atoms with E-state index in [1.54, 1.807) is 23.1 Å². The lowest BCUT2D eigenvalue weighted by molar-refractivity contribution is -0.138. The largest absolute Gasteiger partial charge is 0.417 e. The Morgan fingerprint density at radius 2 is 1.90 bits per heavy atom. The summed E-state index contributed by atoms with van der Waals surface area (Å²) in [6.45, 7) is 2.61. The number of nitrogens with zero attached hydrogens (tertiary/aromatic N) is 2. The van der Waals surface area contributed by atoms with E-state index in [2.05, 4.69) is 22.1 Å². The predicted molar refractivity (Wildman–Crippen MR) is 139 cm³/mol. The number of halogens is 5. The van der Waals surface area contributed by atoms with Crippen molar-refractivity contribution in [2.45, 2.75) is 57.7 Å². The van der Waals surface area contributed by atoms with Crippen LogP contribution >= 0.6 is 0 Å². The molecule has 4 rings (SSSR count). The van der Waals surface area contributed by atoms with Crippen molar-refractivity contribution < 1.29 is 26.7 Å². The first kappa shape index (κ1) is 28.6. The molecule has 0 spiro atoms. The van der Waals surface area contributed by atoms with E-state index in [0.29, 0.717) is 37.0 Å². The van der Waals surface area contributed by atoms with Crippen LogP contribution in [0, 0.1) is 17.8 Å². The van der Waals surface area contributed by atoms with Crippen LogP contribution in [0.2, 0.25) is 0 Å². The molecule has 0 unspecified atom stereocenters. The van der Waals surface area contributed by atoms with Crippen molar-refractivity contribution in [2.24, 2.45) is 5.92 Å². The summed E-state index contributed by atoms with van der Waals surface area (Å²) in [6, 6.07) is 5.30. The second-order valence-electron chi connectivity index (χ2n) is 10.1. The van der Waals surface area contributed by atoms with Gasteiger partial charge >= 0.3 is 6.18 Å². The maximum atomic E-state index is 13.6. The first-order valence-electron chi connectivity index (χ1n) is 13.1. The van der Waals surface area contributed by atoms with Gasteiger partial charge < -0.3 is 15.2 Å². The van der Waals surface area contributed by atoms with Crippen LogP contribution in [-0.4, -0.2) is 54.4 Å². The minimum Gasteiger partial charge on any atom is -0.367 e. The number of benzene rings is 1. The number of carbonyl (C=O) groups excluding carboxylic acids is 1. The monoisotopic (exact) mass is 550 g/mol. The lowest BCUT2D eigenvalue weighted by atomic mass is 9.89. The number of piperazine rings is 1. The number of carbonyl (C=O) groups is 1.